The van der Waals surface area contributed by atoms with Crippen molar-refractivity contribution in [2.24, 2.45) is 0 Å². The maximum absolute atomic E-state index is 5.91. The molecule has 1 N–H and O–H groups in total. The predicted octanol–water partition coefficient (Wildman–Crippen LogP) is 4.92. The highest BCUT2D eigenvalue weighted by molar-refractivity contribution is 6.30. The van der Waals surface area contributed by atoms with Gasteiger partial charge in [0.2, 0.25) is 0 Å². The lowest BCUT2D eigenvalue weighted by atomic mass is 10.2. The van der Waals surface area contributed by atoms with E-state index in [-0.39, 0.29) is 0 Å². The first kappa shape index (κ1) is 19.2. The summed E-state index contributed by atoms with van der Waals surface area (Å²) in [7, 11) is 1.65. The van der Waals surface area contributed by atoms with Crippen molar-refractivity contribution in [3.8, 4) is 11.5 Å². The van der Waals surface area contributed by atoms with Gasteiger partial charge in [0.1, 0.15) is 6.61 Å². The first-order valence-corrected chi connectivity index (χ1v) is 9.19. The van der Waals surface area contributed by atoms with Crippen molar-refractivity contribution in [2.75, 3.05) is 7.11 Å². The molecule has 1 heterocycles. The highest BCUT2D eigenvalue weighted by Gasteiger charge is 2.07. The number of methoxy groups -OCH3 is 1. The molecule has 0 unspecified atom stereocenters. The molecule has 0 saturated heterocycles. The average molecular weight is 383 g/mol. The molecule has 0 bridgehead atoms. The van der Waals surface area contributed by atoms with Gasteiger partial charge < -0.3 is 14.8 Å². The van der Waals surface area contributed by atoms with E-state index in [0.717, 1.165) is 47.1 Å². The van der Waals surface area contributed by atoms with E-state index >= 15 is 0 Å². The van der Waals surface area contributed by atoms with E-state index in [1.807, 2.05) is 67.6 Å². The summed E-state index contributed by atoms with van der Waals surface area (Å²) in [5.41, 5.74) is 4.24. The molecule has 3 rings (SSSR count). The molecule has 0 radical (unpaired) electrons. The Morgan fingerprint density at radius 2 is 1.70 bits per heavy atom. The van der Waals surface area contributed by atoms with Crippen LogP contribution in [-0.4, -0.2) is 12.1 Å². The van der Waals surface area contributed by atoms with E-state index < -0.39 is 0 Å². The Morgan fingerprint density at radius 1 is 0.926 bits per heavy atom. The van der Waals surface area contributed by atoms with Crippen LogP contribution in [0.4, 0.5) is 0 Å². The third kappa shape index (κ3) is 5.71. The number of nitrogens with one attached hydrogen (secondary N) is 1. The van der Waals surface area contributed by atoms with Crippen LogP contribution >= 0.6 is 11.6 Å². The van der Waals surface area contributed by atoms with Crippen LogP contribution in [0.1, 0.15) is 22.5 Å². The number of aromatic nitrogens is 1. The topological polar surface area (TPSA) is 43.4 Å². The van der Waals surface area contributed by atoms with Crippen LogP contribution in [0.15, 0.2) is 60.7 Å². The number of aryl methyl sites for hydroxylation is 1. The van der Waals surface area contributed by atoms with Crippen LogP contribution in [0.2, 0.25) is 5.02 Å². The van der Waals surface area contributed by atoms with Crippen LogP contribution < -0.4 is 14.8 Å². The average Bonchev–Trinajstić information content (AvgIpc) is 2.68. The molecule has 4 nitrogen and oxygen atoms in total. The van der Waals surface area contributed by atoms with E-state index in [9.17, 15) is 0 Å². The first-order chi connectivity index (χ1) is 13.1. The molecular formula is C22H23ClN2O2. The number of hydrogen-bond donors (Lipinski definition) is 1. The highest BCUT2D eigenvalue weighted by atomic mass is 35.5. The molecule has 0 aliphatic carbocycles. The fraction of sp³-hybridized carbons (Fsp3) is 0.227. The number of halogens is 1. The van der Waals surface area contributed by atoms with Crippen molar-refractivity contribution in [3.05, 3.63) is 88.2 Å². The summed E-state index contributed by atoms with van der Waals surface area (Å²) >= 11 is 5.91. The Hall–Kier alpha value is -2.56. The van der Waals surface area contributed by atoms with E-state index in [2.05, 4.69) is 10.3 Å². The van der Waals surface area contributed by atoms with Crippen molar-refractivity contribution in [2.45, 2.75) is 26.6 Å². The normalized spacial score (nSPS) is 10.6. The monoisotopic (exact) mass is 382 g/mol. The van der Waals surface area contributed by atoms with Gasteiger partial charge in [0.15, 0.2) is 11.5 Å². The van der Waals surface area contributed by atoms with Gasteiger partial charge >= 0.3 is 0 Å². The zero-order valence-electron chi connectivity index (χ0n) is 15.5. The minimum absolute atomic E-state index is 0.462. The fourth-order valence-electron chi connectivity index (χ4n) is 2.72. The molecule has 0 aliphatic heterocycles. The van der Waals surface area contributed by atoms with Crippen LogP contribution in [0, 0.1) is 6.92 Å². The van der Waals surface area contributed by atoms with Crippen LogP contribution in [0.25, 0.3) is 0 Å². The maximum Gasteiger partial charge on any atom is 0.161 e. The second-order valence-corrected chi connectivity index (χ2v) is 6.71. The van der Waals surface area contributed by atoms with Crippen molar-refractivity contribution in [1.82, 2.24) is 10.3 Å². The molecule has 0 amide bonds. The van der Waals surface area contributed by atoms with Gasteiger partial charge in [0.25, 0.3) is 0 Å². The summed E-state index contributed by atoms with van der Waals surface area (Å²) in [6.45, 7) is 3.91. The molecular weight excluding hydrogens is 360 g/mol. The molecule has 2 aromatic carbocycles. The molecule has 0 aliphatic rings. The van der Waals surface area contributed by atoms with Crippen LogP contribution in [0.3, 0.4) is 0 Å². The third-order valence-electron chi connectivity index (χ3n) is 4.12. The molecule has 5 heteroatoms. The summed E-state index contributed by atoms with van der Waals surface area (Å²) in [4.78, 5) is 4.50. The first-order valence-electron chi connectivity index (χ1n) is 8.81. The number of nitrogens with zero attached hydrogens (tertiary/aromatic N) is 1. The smallest absolute Gasteiger partial charge is 0.161 e. The molecule has 27 heavy (non-hydrogen) atoms. The Labute approximate surface area is 165 Å². The summed E-state index contributed by atoms with van der Waals surface area (Å²) in [6.07, 6.45) is 0. The van der Waals surface area contributed by atoms with Gasteiger partial charge in [-0.05, 0) is 54.4 Å². The standard InChI is InChI=1S/C22H23ClN2O2/c1-16-4-3-5-20(25-16)14-24-13-18-8-11-21(22(12-18)26-2)27-15-17-6-9-19(23)10-7-17/h3-12,24H,13-15H2,1-2H3. The molecule has 0 atom stereocenters. The summed E-state index contributed by atoms with van der Waals surface area (Å²) in [5.74, 6) is 1.44. The van der Waals surface area contributed by atoms with Crippen LogP contribution in [-0.2, 0) is 19.7 Å². The number of rotatable bonds is 8. The molecule has 0 spiro atoms. The third-order valence-corrected chi connectivity index (χ3v) is 4.37. The largest absolute Gasteiger partial charge is 0.493 e. The van der Waals surface area contributed by atoms with Crippen LogP contribution in [0.5, 0.6) is 11.5 Å². The zero-order chi connectivity index (χ0) is 19.1. The quantitative estimate of drug-likeness (QED) is 0.600. The minimum Gasteiger partial charge on any atom is -0.493 e. The van der Waals surface area contributed by atoms with Gasteiger partial charge in [0.05, 0.1) is 12.8 Å². The second-order valence-electron chi connectivity index (χ2n) is 6.27. The highest BCUT2D eigenvalue weighted by Crippen LogP contribution is 2.29. The number of hydrogen-bond acceptors (Lipinski definition) is 4. The van der Waals surface area contributed by atoms with E-state index in [1.54, 1.807) is 7.11 Å². The van der Waals surface area contributed by atoms with E-state index in [1.165, 1.54) is 0 Å². The molecule has 1 aromatic heterocycles. The second kappa shape index (κ2) is 9.40. The van der Waals surface area contributed by atoms with Gasteiger partial charge in [-0.2, -0.15) is 0 Å². The number of ether oxygens (including phenoxy) is 2. The predicted molar refractivity (Wildman–Crippen MR) is 108 cm³/mol. The van der Waals surface area contributed by atoms with Crippen molar-refractivity contribution < 1.29 is 9.47 Å². The van der Waals surface area contributed by atoms with Gasteiger partial charge in [0, 0.05) is 23.8 Å². The minimum atomic E-state index is 0.462. The lowest BCUT2D eigenvalue weighted by Crippen LogP contribution is -2.14. The summed E-state index contributed by atoms with van der Waals surface area (Å²) < 4.78 is 11.4. The van der Waals surface area contributed by atoms with E-state index in [0.29, 0.717) is 11.6 Å². The van der Waals surface area contributed by atoms with Crippen molar-refractivity contribution in [3.63, 3.8) is 0 Å². The van der Waals surface area contributed by atoms with Crippen molar-refractivity contribution >= 4 is 11.6 Å². The molecule has 0 fully saturated rings. The molecule has 140 valence electrons. The Bertz CT molecular complexity index is 882. The summed E-state index contributed by atoms with van der Waals surface area (Å²) in [5, 5.41) is 4.12. The van der Waals surface area contributed by atoms with Gasteiger partial charge in [-0.1, -0.05) is 35.9 Å². The Kier molecular flexibility index (Phi) is 6.69. The zero-order valence-corrected chi connectivity index (χ0v) is 16.3. The number of benzene rings is 2. The van der Waals surface area contributed by atoms with Gasteiger partial charge in [-0.3, -0.25) is 4.98 Å². The fourth-order valence-corrected chi connectivity index (χ4v) is 2.84. The number of pyridine rings is 1. The maximum atomic E-state index is 5.91. The van der Waals surface area contributed by atoms with Gasteiger partial charge in [-0.25, -0.2) is 0 Å². The summed E-state index contributed by atoms with van der Waals surface area (Å²) in [6, 6.07) is 19.6. The Morgan fingerprint density at radius 3 is 2.44 bits per heavy atom. The molecule has 0 saturated carbocycles. The Balaban J connectivity index is 1.57. The van der Waals surface area contributed by atoms with Gasteiger partial charge in [-0.15, -0.1) is 0 Å². The molecule has 3 aromatic rings. The van der Waals surface area contributed by atoms with E-state index in [4.69, 9.17) is 21.1 Å². The lowest BCUT2D eigenvalue weighted by molar-refractivity contribution is 0.284. The van der Waals surface area contributed by atoms with Crippen molar-refractivity contribution in [1.29, 1.82) is 0 Å². The SMILES string of the molecule is COc1cc(CNCc2cccc(C)n2)ccc1OCc1ccc(Cl)cc1. The lowest BCUT2D eigenvalue weighted by Gasteiger charge is -2.13.